The fraction of sp³-hybridized carbons (Fsp3) is 0.278. The summed E-state index contributed by atoms with van der Waals surface area (Å²) < 4.78 is 6.98. The Morgan fingerprint density at radius 3 is 2.55 bits per heavy atom. The second-order valence-corrected chi connectivity index (χ2v) is 4.89. The van der Waals surface area contributed by atoms with Gasteiger partial charge in [-0.05, 0) is 49.1 Å². The zero-order valence-corrected chi connectivity index (χ0v) is 12.9. The van der Waals surface area contributed by atoms with Crippen LogP contribution in [0.1, 0.15) is 41.8 Å². The van der Waals surface area contributed by atoms with Crippen LogP contribution in [-0.2, 0) is 11.2 Å². The van der Waals surface area contributed by atoms with E-state index in [9.17, 15) is 4.79 Å². The first-order chi connectivity index (χ1) is 10.7. The highest BCUT2D eigenvalue weighted by Crippen LogP contribution is 2.17. The quantitative estimate of drug-likeness (QED) is 0.524. The van der Waals surface area contributed by atoms with E-state index in [1.54, 1.807) is 19.1 Å². The largest absolute Gasteiger partial charge is 0.462 e. The normalized spacial score (nSPS) is 9.91. The molecule has 0 radical (unpaired) electrons. The average Bonchev–Trinajstić information content (AvgIpc) is 2.92. The molecule has 2 aromatic rings. The number of carbonyl (C=O) groups excluding carboxylic acids is 1. The molecule has 0 bridgehead atoms. The van der Waals surface area contributed by atoms with E-state index in [0.29, 0.717) is 12.2 Å². The molecule has 0 aliphatic rings. The van der Waals surface area contributed by atoms with Gasteiger partial charge in [0.1, 0.15) is 0 Å². The van der Waals surface area contributed by atoms with Gasteiger partial charge in [-0.3, -0.25) is 0 Å². The number of hydrogen-bond acceptors (Lipinski definition) is 3. The molecule has 2 rings (SSSR count). The Bertz CT molecular complexity index is 703. The van der Waals surface area contributed by atoms with Crippen molar-refractivity contribution in [3.05, 3.63) is 53.3 Å². The highest BCUT2D eigenvalue weighted by molar-refractivity contribution is 5.89. The summed E-state index contributed by atoms with van der Waals surface area (Å²) in [5, 5.41) is 0. The van der Waals surface area contributed by atoms with Crippen molar-refractivity contribution in [3.63, 3.8) is 0 Å². The SMILES string of the molecule is CCCc1cn(-c2ccc(C(=O)OCC)cc2)cc1C#CN. The number of nitrogens with two attached hydrogens (primary N) is 1. The van der Waals surface area contributed by atoms with E-state index in [-0.39, 0.29) is 5.97 Å². The molecule has 0 amide bonds. The minimum absolute atomic E-state index is 0.303. The van der Waals surface area contributed by atoms with Gasteiger partial charge in [-0.15, -0.1) is 0 Å². The van der Waals surface area contributed by atoms with Gasteiger partial charge >= 0.3 is 5.97 Å². The van der Waals surface area contributed by atoms with Crippen LogP contribution in [0.25, 0.3) is 5.69 Å². The van der Waals surface area contributed by atoms with Gasteiger partial charge in [-0.25, -0.2) is 4.79 Å². The van der Waals surface area contributed by atoms with Gasteiger partial charge < -0.3 is 15.0 Å². The zero-order valence-electron chi connectivity index (χ0n) is 12.9. The Morgan fingerprint density at radius 1 is 1.23 bits per heavy atom. The molecular weight excluding hydrogens is 276 g/mol. The van der Waals surface area contributed by atoms with Crippen LogP contribution in [0.15, 0.2) is 36.7 Å². The van der Waals surface area contributed by atoms with Crippen molar-refractivity contribution >= 4 is 5.97 Å². The van der Waals surface area contributed by atoms with E-state index >= 15 is 0 Å². The lowest BCUT2D eigenvalue weighted by atomic mass is 10.1. The summed E-state index contributed by atoms with van der Waals surface area (Å²) in [7, 11) is 0. The molecule has 0 spiro atoms. The Hall–Kier alpha value is -2.67. The van der Waals surface area contributed by atoms with Crippen molar-refractivity contribution in [2.24, 2.45) is 5.73 Å². The summed E-state index contributed by atoms with van der Waals surface area (Å²) in [5.74, 6) is 2.63. The van der Waals surface area contributed by atoms with Crippen molar-refractivity contribution < 1.29 is 9.53 Å². The van der Waals surface area contributed by atoms with Gasteiger partial charge in [-0.1, -0.05) is 13.3 Å². The van der Waals surface area contributed by atoms with Crippen molar-refractivity contribution in [1.29, 1.82) is 0 Å². The lowest BCUT2D eigenvalue weighted by Crippen LogP contribution is -2.04. The van der Waals surface area contributed by atoms with Gasteiger partial charge in [0, 0.05) is 29.7 Å². The maximum Gasteiger partial charge on any atom is 0.338 e. The van der Waals surface area contributed by atoms with Gasteiger partial charge in [0.05, 0.1) is 12.2 Å². The molecule has 0 saturated heterocycles. The molecule has 0 saturated carbocycles. The fourth-order valence-corrected chi connectivity index (χ4v) is 2.29. The Morgan fingerprint density at radius 2 is 1.95 bits per heavy atom. The zero-order chi connectivity index (χ0) is 15.9. The third-order valence-electron chi connectivity index (χ3n) is 3.31. The first-order valence-corrected chi connectivity index (χ1v) is 7.39. The second kappa shape index (κ2) is 7.37. The number of carbonyl (C=O) groups is 1. The third kappa shape index (κ3) is 3.50. The van der Waals surface area contributed by atoms with Crippen molar-refractivity contribution in [1.82, 2.24) is 4.57 Å². The standard InChI is InChI=1S/C18H20N2O2/c1-3-5-15-12-20(13-16(15)10-11-19)17-8-6-14(7-9-17)18(21)22-4-2/h6-9,12-13H,3-5,19H2,1-2H3. The lowest BCUT2D eigenvalue weighted by molar-refractivity contribution is 0.0526. The molecule has 0 unspecified atom stereocenters. The number of esters is 1. The molecule has 1 aromatic heterocycles. The van der Waals surface area contributed by atoms with E-state index in [4.69, 9.17) is 10.5 Å². The summed E-state index contributed by atoms with van der Waals surface area (Å²) in [4.78, 5) is 11.7. The summed E-state index contributed by atoms with van der Waals surface area (Å²) in [6.45, 7) is 4.30. The number of hydrogen-bond donors (Lipinski definition) is 1. The van der Waals surface area contributed by atoms with E-state index < -0.39 is 0 Å². The van der Waals surface area contributed by atoms with Crippen molar-refractivity contribution in [2.75, 3.05) is 6.61 Å². The van der Waals surface area contributed by atoms with Crippen LogP contribution in [0.3, 0.4) is 0 Å². The maximum atomic E-state index is 11.7. The molecule has 1 aromatic carbocycles. The van der Waals surface area contributed by atoms with Gasteiger partial charge in [0.15, 0.2) is 0 Å². The lowest BCUT2D eigenvalue weighted by Gasteiger charge is -2.05. The summed E-state index contributed by atoms with van der Waals surface area (Å²) in [5.41, 5.74) is 8.97. The summed E-state index contributed by atoms with van der Waals surface area (Å²) in [6.07, 6.45) is 6.02. The van der Waals surface area contributed by atoms with Crippen molar-refractivity contribution in [3.8, 4) is 17.7 Å². The van der Waals surface area contributed by atoms with Crippen molar-refractivity contribution in [2.45, 2.75) is 26.7 Å². The molecule has 0 atom stereocenters. The first-order valence-electron chi connectivity index (χ1n) is 7.39. The summed E-state index contributed by atoms with van der Waals surface area (Å²) in [6, 6.07) is 9.77. The Balaban J connectivity index is 2.29. The number of ether oxygens (including phenoxy) is 1. The molecule has 2 N–H and O–H groups in total. The van der Waals surface area contributed by atoms with Gasteiger partial charge in [0.2, 0.25) is 0 Å². The molecule has 4 heteroatoms. The predicted molar refractivity (Wildman–Crippen MR) is 86.8 cm³/mol. The summed E-state index contributed by atoms with van der Waals surface area (Å²) >= 11 is 0. The van der Waals surface area contributed by atoms with Crippen LogP contribution in [-0.4, -0.2) is 17.1 Å². The van der Waals surface area contributed by atoms with E-state index in [1.807, 2.05) is 22.9 Å². The molecule has 22 heavy (non-hydrogen) atoms. The molecule has 4 nitrogen and oxygen atoms in total. The number of nitrogens with zero attached hydrogens (tertiary/aromatic N) is 1. The monoisotopic (exact) mass is 296 g/mol. The van der Waals surface area contributed by atoms with Crippen LogP contribution in [0, 0.1) is 12.0 Å². The highest BCUT2D eigenvalue weighted by atomic mass is 16.5. The number of aromatic nitrogens is 1. The highest BCUT2D eigenvalue weighted by Gasteiger charge is 2.08. The number of benzene rings is 1. The number of aryl methyl sites for hydroxylation is 1. The third-order valence-corrected chi connectivity index (χ3v) is 3.31. The van der Waals surface area contributed by atoms with E-state index in [2.05, 4.69) is 25.1 Å². The molecular formula is C18H20N2O2. The average molecular weight is 296 g/mol. The van der Waals surface area contributed by atoms with E-state index in [0.717, 1.165) is 24.1 Å². The second-order valence-electron chi connectivity index (χ2n) is 4.89. The maximum absolute atomic E-state index is 11.7. The minimum atomic E-state index is -0.303. The van der Waals surface area contributed by atoms with E-state index in [1.165, 1.54) is 5.56 Å². The number of rotatable bonds is 5. The molecule has 0 aliphatic carbocycles. The smallest absolute Gasteiger partial charge is 0.338 e. The van der Waals surface area contributed by atoms with Crippen LogP contribution in [0.5, 0.6) is 0 Å². The molecule has 0 fully saturated rings. The Kier molecular flexibility index (Phi) is 5.26. The van der Waals surface area contributed by atoms with Crippen LogP contribution < -0.4 is 5.73 Å². The minimum Gasteiger partial charge on any atom is -0.462 e. The molecule has 114 valence electrons. The van der Waals surface area contributed by atoms with Gasteiger partial charge in [0.25, 0.3) is 0 Å². The topological polar surface area (TPSA) is 57.2 Å². The van der Waals surface area contributed by atoms with Crippen LogP contribution in [0.2, 0.25) is 0 Å². The predicted octanol–water partition coefficient (Wildman–Crippen LogP) is 2.87. The van der Waals surface area contributed by atoms with Crippen LogP contribution >= 0.6 is 0 Å². The van der Waals surface area contributed by atoms with Crippen LogP contribution in [0.4, 0.5) is 0 Å². The van der Waals surface area contributed by atoms with Gasteiger partial charge in [-0.2, -0.15) is 0 Å². The Labute approximate surface area is 130 Å². The fourth-order valence-electron chi connectivity index (χ4n) is 2.29. The molecule has 1 heterocycles. The first kappa shape index (κ1) is 15.7. The molecule has 0 aliphatic heterocycles.